The summed E-state index contributed by atoms with van der Waals surface area (Å²) in [5.74, 6) is 0. The normalized spacial score (nSPS) is 17.6. The minimum absolute atomic E-state index is 0. The summed E-state index contributed by atoms with van der Waals surface area (Å²) in [6.45, 7) is 3.15. The molecule has 0 saturated carbocycles. The fourth-order valence-electron chi connectivity index (χ4n) is 2.60. The first-order chi connectivity index (χ1) is 10.1. The molecule has 0 aliphatic carbocycles. The molecule has 1 aliphatic rings. The van der Waals surface area contributed by atoms with Crippen LogP contribution in [0.2, 0.25) is 0 Å². The van der Waals surface area contributed by atoms with Gasteiger partial charge >= 0.3 is 0 Å². The monoisotopic (exact) mass is 358 g/mol. The van der Waals surface area contributed by atoms with Crippen LogP contribution in [0.25, 0.3) is 0 Å². The number of aryl methyl sites for hydroxylation is 1. The lowest BCUT2D eigenvalue weighted by atomic mass is 9.95. The van der Waals surface area contributed by atoms with Crippen molar-refractivity contribution in [3.63, 3.8) is 0 Å². The van der Waals surface area contributed by atoms with Gasteiger partial charge in [0.1, 0.15) is 4.21 Å². The molecule has 0 fully saturated rings. The summed E-state index contributed by atoms with van der Waals surface area (Å²) in [5.41, 5.74) is 2.49. The van der Waals surface area contributed by atoms with Gasteiger partial charge in [-0.25, -0.2) is 13.1 Å². The molecule has 1 aromatic heterocycles. The number of halogens is 1. The zero-order valence-corrected chi connectivity index (χ0v) is 14.7. The number of thiophene rings is 1. The molecule has 2 heterocycles. The highest BCUT2D eigenvalue weighted by atomic mass is 35.5. The largest absolute Gasteiger partial charge is 0.308 e. The summed E-state index contributed by atoms with van der Waals surface area (Å²) in [5, 5.41) is 3.38. The Morgan fingerprint density at radius 1 is 1.27 bits per heavy atom. The maximum Gasteiger partial charge on any atom is 0.250 e. The summed E-state index contributed by atoms with van der Waals surface area (Å²) in [7, 11) is -3.41. The Bertz CT molecular complexity index is 744. The fourth-order valence-corrected chi connectivity index (χ4v) is 4.97. The molecule has 3 rings (SSSR count). The molecule has 0 saturated heterocycles. The molecular formula is C15H19ClN2O2S2. The van der Waals surface area contributed by atoms with Gasteiger partial charge in [-0.2, -0.15) is 0 Å². The van der Waals surface area contributed by atoms with Gasteiger partial charge < -0.3 is 5.32 Å². The highest BCUT2D eigenvalue weighted by Gasteiger charge is 2.22. The minimum Gasteiger partial charge on any atom is -0.308 e. The molecule has 1 aromatic carbocycles. The summed E-state index contributed by atoms with van der Waals surface area (Å²) in [6, 6.07) is 11.7. The molecule has 4 nitrogen and oxygen atoms in total. The summed E-state index contributed by atoms with van der Waals surface area (Å²) < 4.78 is 27.6. The highest BCUT2D eigenvalue weighted by molar-refractivity contribution is 7.91. The second-order valence-electron chi connectivity index (χ2n) is 5.17. The maximum atomic E-state index is 12.3. The van der Waals surface area contributed by atoms with E-state index in [0.717, 1.165) is 17.8 Å². The van der Waals surface area contributed by atoms with Crippen LogP contribution in [0.15, 0.2) is 40.6 Å². The van der Waals surface area contributed by atoms with E-state index >= 15 is 0 Å². The van der Waals surface area contributed by atoms with Crippen LogP contribution < -0.4 is 10.0 Å². The van der Waals surface area contributed by atoms with Crippen LogP contribution in [0.3, 0.4) is 0 Å². The van der Waals surface area contributed by atoms with E-state index in [4.69, 9.17) is 0 Å². The molecule has 1 unspecified atom stereocenters. The third kappa shape index (κ3) is 3.70. The zero-order chi connectivity index (χ0) is 14.9. The van der Waals surface area contributed by atoms with E-state index in [0.29, 0.717) is 10.8 Å². The van der Waals surface area contributed by atoms with Crippen molar-refractivity contribution in [3.05, 3.63) is 52.4 Å². The molecule has 22 heavy (non-hydrogen) atoms. The molecule has 7 heteroatoms. The molecule has 0 spiro atoms. The summed E-state index contributed by atoms with van der Waals surface area (Å²) in [6.07, 6.45) is 0.990. The number of sulfonamides is 1. The molecule has 0 radical (unpaired) electrons. The van der Waals surface area contributed by atoms with Gasteiger partial charge in [-0.05, 0) is 43.1 Å². The molecule has 0 amide bonds. The average molecular weight is 359 g/mol. The summed E-state index contributed by atoms with van der Waals surface area (Å²) >= 11 is 1.30. The van der Waals surface area contributed by atoms with Crippen molar-refractivity contribution in [1.82, 2.24) is 10.0 Å². The van der Waals surface area contributed by atoms with E-state index in [1.165, 1.54) is 22.5 Å². The lowest BCUT2D eigenvalue weighted by Gasteiger charge is -2.27. The van der Waals surface area contributed by atoms with E-state index in [9.17, 15) is 8.42 Å². The molecule has 1 atom stereocenters. The predicted molar refractivity (Wildman–Crippen MR) is 92.4 cm³/mol. The van der Waals surface area contributed by atoms with Gasteiger partial charge in [0.2, 0.25) is 10.0 Å². The highest BCUT2D eigenvalue weighted by Crippen LogP contribution is 2.24. The number of nitrogens with one attached hydrogen (secondary N) is 2. The topological polar surface area (TPSA) is 58.2 Å². The number of fused-ring (bicyclic) bond motifs is 1. The maximum absolute atomic E-state index is 12.3. The molecule has 1 aliphatic heterocycles. The lowest BCUT2D eigenvalue weighted by Crippen LogP contribution is -2.38. The molecule has 2 N–H and O–H groups in total. The third-order valence-corrected chi connectivity index (χ3v) is 6.59. The SMILES string of the molecule is Cc1ccc(S(=O)(=O)NCC2NCCc3ccccc32)s1.Cl. The van der Waals surface area contributed by atoms with Crippen molar-refractivity contribution in [2.45, 2.75) is 23.6 Å². The third-order valence-electron chi connectivity index (χ3n) is 3.67. The molecule has 2 aromatic rings. The Hall–Kier alpha value is -0.920. The zero-order valence-electron chi connectivity index (χ0n) is 12.2. The fraction of sp³-hybridized carbons (Fsp3) is 0.333. The van der Waals surface area contributed by atoms with Crippen molar-refractivity contribution >= 4 is 33.8 Å². The Balaban J connectivity index is 0.00000176. The average Bonchev–Trinajstić information content (AvgIpc) is 2.93. The van der Waals surface area contributed by atoms with Crippen LogP contribution >= 0.6 is 23.7 Å². The van der Waals surface area contributed by atoms with Gasteiger partial charge in [0, 0.05) is 17.5 Å². The number of rotatable bonds is 4. The lowest BCUT2D eigenvalue weighted by molar-refractivity contribution is 0.492. The van der Waals surface area contributed by atoms with Gasteiger partial charge in [-0.15, -0.1) is 23.7 Å². The van der Waals surface area contributed by atoms with Crippen LogP contribution in [0.1, 0.15) is 22.0 Å². The van der Waals surface area contributed by atoms with E-state index in [-0.39, 0.29) is 18.4 Å². The first-order valence-electron chi connectivity index (χ1n) is 6.93. The number of benzene rings is 1. The van der Waals surface area contributed by atoms with Crippen molar-refractivity contribution in [2.75, 3.05) is 13.1 Å². The van der Waals surface area contributed by atoms with Gasteiger partial charge in [0.15, 0.2) is 0 Å². The van der Waals surface area contributed by atoms with Crippen molar-refractivity contribution < 1.29 is 8.42 Å². The Kier molecular flexibility index (Phi) is 5.63. The molecule has 0 bridgehead atoms. The standard InChI is InChI=1S/C15H18N2O2S2.ClH/c1-11-6-7-15(20-11)21(18,19)17-10-14-13-5-3-2-4-12(13)8-9-16-14;/h2-7,14,16-17H,8-10H2,1H3;1H. The van der Waals surface area contributed by atoms with Crippen LogP contribution in [0.5, 0.6) is 0 Å². The van der Waals surface area contributed by atoms with E-state index in [2.05, 4.69) is 22.2 Å². The summed E-state index contributed by atoms with van der Waals surface area (Å²) in [4.78, 5) is 0.997. The van der Waals surface area contributed by atoms with Gasteiger partial charge in [-0.1, -0.05) is 24.3 Å². The Morgan fingerprint density at radius 2 is 2.05 bits per heavy atom. The smallest absolute Gasteiger partial charge is 0.250 e. The first kappa shape index (κ1) is 17.4. The van der Waals surface area contributed by atoms with Crippen LogP contribution in [-0.2, 0) is 16.4 Å². The van der Waals surface area contributed by atoms with Gasteiger partial charge in [-0.3, -0.25) is 0 Å². The van der Waals surface area contributed by atoms with Gasteiger partial charge in [0.25, 0.3) is 0 Å². The van der Waals surface area contributed by atoms with Crippen molar-refractivity contribution in [3.8, 4) is 0 Å². The Morgan fingerprint density at radius 3 is 2.77 bits per heavy atom. The van der Waals surface area contributed by atoms with Crippen LogP contribution in [-0.4, -0.2) is 21.5 Å². The minimum atomic E-state index is -3.41. The Labute approximate surface area is 141 Å². The van der Waals surface area contributed by atoms with Crippen LogP contribution in [0.4, 0.5) is 0 Å². The van der Waals surface area contributed by atoms with Crippen molar-refractivity contribution in [2.24, 2.45) is 0 Å². The molecule has 120 valence electrons. The van der Waals surface area contributed by atoms with Gasteiger partial charge in [0.05, 0.1) is 0 Å². The van der Waals surface area contributed by atoms with Crippen molar-refractivity contribution in [1.29, 1.82) is 0 Å². The second kappa shape index (κ2) is 7.10. The van der Waals surface area contributed by atoms with E-state index < -0.39 is 10.0 Å². The van der Waals surface area contributed by atoms with E-state index in [1.54, 1.807) is 6.07 Å². The molecular weight excluding hydrogens is 340 g/mol. The second-order valence-corrected chi connectivity index (χ2v) is 8.45. The quantitative estimate of drug-likeness (QED) is 0.883. The number of hydrogen-bond donors (Lipinski definition) is 2. The predicted octanol–water partition coefficient (Wildman–Crippen LogP) is 2.64. The number of hydrogen-bond acceptors (Lipinski definition) is 4. The van der Waals surface area contributed by atoms with E-state index in [1.807, 2.05) is 25.1 Å². The first-order valence-corrected chi connectivity index (χ1v) is 9.23. The van der Waals surface area contributed by atoms with Crippen LogP contribution in [0, 0.1) is 6.92 Å².